The summed E-state index contributed by atoms with van der Waals surface area (Å²) in [7, 11) is 1.65. The highest BCUT2D eigenvalue weighted by molar-refractivity contribution is 5.39. The highest BCUT2D eigenvalue weighted by atomic mass is 16.5. The highest BCUT2D eigenvalue weighted by Gasteiger charge is 2.39. The number of rotatable bonds is 7. The van der Waals surface area contributed by atoms with Crippen LogP contribution in [-0.2, 0) is 0 Å². The van der Waals surface area contributed by atoms with E-state index in [0.29, 0.717) is 0 Å². The molecule has 4 heteroatoms. The predicted octanol–water partition coefficient (Wildman–Crippen LogP) is 2.36. The van der Waals surface area contributed by atoms with Crippen LogP contribution >= 0.6 is 0 Å². The summed E-state index contributed by atoms with van der Waals surface area (Å²) >= 11 is 0. The molecule has 1 fully saturated rings. The summed E-state index contributed by atoms with van der Waals surface area (Å²) in [6, 6.07) is 7.71. The molecule has 2 N–H and O–H groups in total. The lowest BCUT2D eigenvalue weighted by Crippen LogP contribution is -2.47. The van der Waals surface area contributed by atoms with E-state index in [1.54, 1.807) is 7.11 Å². The molecule has 0 spiro atoms. The second-order valence-corrected chi connectivity index (χ2v) is 5.50. The number of para-hydroxylation sites is 2. The van der Waals surface area contributed by atoms with E-state index in [9.17, 15) is 5.11 Å². The highest BCUT2D eigenvalue weighted by Crippen LogP contribution is 2.35. The molecule has 1 aliphatic rings. The van der Waals surface area contributed by atoms with E-state index in [1.165, 1.54) is 0 Å². The molecule has 112 valence electrons. The Morgan fingerprint density at radius 1 is 1.35 bits per heavy atom. The largest absolute Gasteiger partial charge is 0.493 e. The molecular weight excluding hydrogens is 254 g/mol. The Morgan fingerprint density at radius 3 is 2.75 bits per heavy atom. The van der Waals surface area contributed by atoms with Crippen molar-refractivity contribution in [3.05, 3.63) is 24.3 Å². The van der Waals surface area contributed by atoms with Gasteiger partial charge in [0.05, 0.1) is 13.7 Å². The van der Waals surface area contributed by atoms with Gasteiger partial charge in [-0.05, 0) is 37.9 Å². The quantitative estimate of drug-likeness (QED) is 0.804. The lowest BCUT2D eigenvalue weighted by molar-refractivity contribution is 0.139. The summed E-state index contributed by atoms with van der Waals surface area (Å²) in [6.45, 7) is 3.23. The average molecular weight is 279 g/mol. The molecule has 0 aliphatic heterocycles. The summed E-state index contributed by atoms with van der Waals surface area (Å²) in [4.78, 5) is 0. The van der Waals surface area contributed by atoms with E-state index in [0.717, 1.165) is 43.7 Å². The van der Waals surface area contributed by atoms with Gasteiger partial charge in [0, 0.05) is 12.0 Å². The number of aliphatic hydroxyl groups is 1. The number of benzene rings is 1. The summed E-state index contributed by atoms with van der Waals surface area (Å²) in [5, 5.41) is 13.2. The van der Waals surface area contributed by atoms with Gasteiger partial charge in [0.2, 0.25) is 0 Å². The monoisotopic (exact) mass is 279 g/mol. The maximum atomic E-state index is 9.69. The van der Waals surface area contributed by atoms with Crippen molar-refractivity contribution >= 4 is 0 Å². The molecule has 0 amide bonds. The Balaban J connectivity index is 1.98. The molecule has 4 nitrogen and oxygen atoms in total. The van der Waals surface area contributed by atoms with Crippen LogP contribution in [0.3, 0.4) is 0 Å². The van der Waals surface area contributed by atoms with Gasteiger partial charge in [-0.15, -0.1) is 0 Å². The van der Waals surface area contributed by atoms with Crippen molar-refractivity contribution in [2.24, 2.45) is 0 Å². The molecule has 1 aromatic carbocycles. The normalized spacial score (nSPS) is 25.6. The van der Waals surface area contributed by atoms with Gasteiger partial charge in [0.1, 0.15) is 6.10 Å². The minimum absolute atomic E-state index is 0.128. The molecule has 1 saturated carbocycles. The van der Waals surface area contributed by atoms with Gasteiger partial charge in [-0.2, -0.15) is 0 Å². The minimum Gasteiger partial charge on any atom is -0.493 e. The number of nitrogens with one attached hydrogen (secondary N) is 1. The standard InChI is InChI=1S/C16H25NO3/c1-3-10-17-16(12-18)9-8-13(11-16)20-15-7-5-4-6-14(15)19-2/h4-7,13,17-18H,3,8-12H2,1-2H3. The first-order valence-corrected chi connectivity index (χ1v) is 7.38. The molecule has 1 aliphatic carbocycles. The molecule has 0 saturated heterocycles. The Bertz CT molecular complexity index is 424. The first-order chi connectivity index (χ1) is 9.73. The third-order valence-corrected chi connectivity index (χ3v) is 3.98. The van der Waals surface area contributed by atoms with Gasteiger partial charge in [0.15, 0.2) is 11.5 Å². The summed E-state index contributed by atoms with van der Waals surface area (Å²) in [6.07, 6.45) is 3.93. The molecule has 2 atom stereocenters. The third-order valence-electron chi connectivity index (χ3n) is 3.98. The van der Waals surface area contributed by atoms with Gasteiger partial charge < -0.3 is 19.9 Å². The van der Waals surface area contributed by atoms with Crippen LogP contribution in [-0.4, -0.2) is 37.0 Å². The molecule has 0 aromatic heterocycles. The Labute approximate surface area is 121 Å². The predicted molar refractivity (Wildman–Crippen MR) is 79.4 cm³/mol. The lowest BCUT2D eigenvalue weighted by atomic mass is 9.98. The zero-order valence-electron chi connectivity index (χ0n) is 12.4. The molecular formula is C16H25NO3. The molecule has 2 unspecified atom stereocenters. The van der Waals surface area contributed by atoms with Crippen LogP contribution in [0, 0.1) is 0 Å². The lowest BCUT2D eigenvalue weighted by Gasteiger charge is -2.28. The number of hydrogen-bond donors (Lipinski definition) is 2. The topological polar surface area (TPSA) is 50.7 Å². The zero-order chi connectivity index (χ0) is 14.4. The zero-order valence-corrected chi connectivity index (χ0v) is 12.4. The van der Waals surface area contributed by atoms with Gasteiger partial charge >= 0.3 is 0 Å². The minimum atomic E-state index is -0.178. The van der Waals surface area contributed by atoms with Crippen molar-refractivity contribution in [3.63, 3.8) is 0 Å². The van der Waals surface area contributed by atoms with Crippen LogP contribution in [0.4, 0.5) is 0 Å². The Hall–Kier alpha value is -1.26. The number of aliphatic hydroxyl groups excluding tert-OH is 1. The molecule has 20 heavy (non-hydrogen) atoms. The van der Waals surface area contributed by atoms with Crippen LogP contribution in [0.15, 0.2) is 24.3 Å². The van der Waals surface area contributed by atoms with Crippen molar-refractivity contribution in [1.29, 1.82) is 0 Å². The number of methoxy groups -OCH3 is 1. The van der Waals surface area contributed by atoms with E-state index in [1.807, 2.05) is 24.3 Å². The van der Waals surface area contributed by atoms with Crippen molar-refractivity contribution in [2.75, 3.05) is 20.3 Å². The average Bonchev–Trinajstić information content (AvgIpc) is 2.89. The van der Waals surface area contributed by atoms with Crippen LogP contribution in [0.2, 0.25) is 0 Å². The number of hydrogen-bond acceptors (Lipinski definition) is 4. The third kappa shape index (κ3) is 3.44. The fraction of sp³-hybridized carbons (Fsp3) is 0.625. The molecule has 2 rings (SSSR count). The molecule has 0 heterocycles. The maximum Gasteiger partial charge on any atom is 0.161 e. The van der Waals surface area contributed by atoms with Gasteiger partial charge in [-0.25, -0.2) is 0 Å². The van der Waals surface area contributed by atoms with Crippen molar-refractivity contribution < 1.29 is 14.6 Å². The smallest absolute Gasteiger partial charge is 0.161 e. The van der Waals surface area contributed by atoms with Crippen molar-refractivity contribution in [2.45, 2.75) is 44.2 Å². The fourth-order valence-electron chi connectivity index (χ4n) is 2.82. The Kier molecular flexibility index (Phi) is 5.26. The molecule has 0 radical (unpaired) electrons. The van der Waals surface area contributed by atoms with Crippen LogP contribution in [0.5, 0.6) is 11.5 Å². The SMILES string of the molecule is CCCNC1(CO)CCC(Oc2ccccc2OC)C1. The van der Waals surface area contributed by atoms with E-state index in [2.05, 4.69) is 12.2 Å². The van der Waals surface area contributed by atoms with Crippen LogP contribution < -0.4 is 14.8 Å². The van der Waals surface area contributed by atoms with E-state index in [-0.39, 0.29) is 18.2 Å². The maximum absolute atomic E-state index is 9.69. The van der Waals surface area contributed by atoms with Gasteiger partial charge in [-0.3, -0.25) is 0 Å². The Morgan fingerprint density at radius 2 is 2.10 bits per heavy atom. The van der Waals surface area contributed by atoms with E-state index >= 15 is 0 Å². The van der Waals surface area contributed by atoms with E-state index < -0.39 is 0 Å². The fourth-order valence-corrected chi connectivity index (χ4v) is 2.82. The molecule has 0 bridgehead atoms. The second-order valence-electron chi connectivity index (χ2n) is 5.50. The van der Waals surface area contributed by atoms with Crippen LogP contribution in [0.1, 0.15) is 32.6 Å². The molecule has 1 aromatic rings. The summed E-state index contributed by atoms with van der Waals surface area (Å²) < 4.78 is 11.4. The number of ether oxygens (including phenoxy) is 2. The van der Waals surface area contributed by atoms with Gasteiger partial charge in [0.25, 0.3) is 0 Å². The first-order valence-electron chi connectivity index (χ1n) is 7.38. The van der Waals surface area contributed by atoms with Crippen molar-refractivity contribution in [1.82, 2.24) is 5.32 Å². The van der Waals surface area contributed by atoms with E-state index in [4.69, 9.17) is 9.47 Å². The van der Waals surface area contributed by atoms with Crippen molar-refractivity contribution in [3.8, 4) is 11.5 Å². The second kappa shape index (κ2) is 6.95. The summed E-state index contributed by atoms with van der Waals surface area (Å²) in [5.74, 6) is 1.54. The first kappa shape index (κ1) is 15.1. The summed E-state index contributed by atoms with van der Waals surface area (Å²) in [5.41, 5.74) is -0.178. The van der Waals surface area contributed by atoms with Crippen LogP contribution in [0.25, 0.3) is 0 Å². The van der Waals surface area contributed by atoms with Gasteiger partial charge in [-0.1, -0.05) is 19.1 Å².